The van der Waals surface area contributed by atoms with E-state index in [1.54, 1.807) is 48.5 Å². The first-order valence-corrected chi connectivity index (χ1v) is 11.1. The zero-order valence-corrected chi connectivity index (χ0v) is 18.8. The highest BCUT2D eigenvalue weighted by Gasteiger charge is 2.18. The van der Waals surface area contributed by atoms with Gasteiger partial charge < -0.3 is 15.0 Å². The maximum atomic E-state index is 12.5. The maximum absolute atomic E-state index is 12.5. The van der Waals surface area contributed by atoms with Gasteiger partial charge >= 0.3 is 0 Å². The van der Waals surface area contributed by atoms with Crippen LogP contribution in [-0.2, 0) is 0 Å². The van der Waals surface area contributed by atoms with Crippen molar-refractivity contribution in [1.29, 1.82) is 0 Å². The average molecular weight is 440 g/mol. The van der Waals surface area contributed by atoms with Gasteiger partial charge in [-0.1, -0.05) is 13.8 Å². The molecule has 0 spiro atoms. The molecule has 164 valence electrons. The Balaban J connectivity index is 1.50. The van der Waals surface area contributed by atoms with E-state index in [1.807, 2.05) is 4.90 Å². The molecule has 0 aromatic heterocycles. The Morgan fingerprint density at radius 3 is 2.19 bits per heavy atom. The molecule has 2 amide bonds. The summed E-state index contributed by atoms with van der Waals surface area (Å²) >= 11 is 5.25. The normalized spacial score (nSPS) is 13.6. The van der Waals surface area contributed by atoms with Gasteiger partial charge in [-0.05, 0) is 85.9 Å². The number of piperidine rings is 1. The van der Waals surface area contributed by atoms with Crippen molar-refractivity contribution >= 4 is 34.8 Å². The van der Waals surface area contributed by atoms with Crippen LogP contribution in [0.3, 0.4) is 0 Å². The summed E-state index contributed by atoms with van der Waals surface area (Å²) in [6, 6.07) is 14.1. The lowest BCUT2D eigenvalue weighted by atomic mass is 10.1. The molecule has 6 nitrogen and oxygen atoms in total. The van der Waals surface area contributed by atoms with Gasteiger partial charge in [-0.15, -0.1) is 0 Å². The Morgan fingerprint density at radius 1 is 0.968 bits per heavy atom. The van der Waals surface area contributed by atoms with Crippen molar-refractivity contribution in [2.45, 2.75) is 33.1 Å². The van der Waals surface area contributed by atoms with Crippen molar-refractivity contribution in [3.63, 3.8) is 0 Å². The number of nitrogens with zero attached hydrogens (tertiary/aromatic N) is 1. The Labute approximate surface area is 189 Å². The molecule has 1 aliphatic rings. The number of hydrogen-bond donors (Lipinski definition) is 2. The number of rotatable bonds is 6. The maximum Gasteiger partial charge on any atom is 0.257 e. The lowest BCUT2D eigenvalue weighted by Crippen LogP contribution is -2.35. The first-order valence-electron chi connectivity index (χ1n) is 10.7. The lowest BCUT2D eigenvalue weighted by molar-refractivity contribution is 0.0724. The van der Waals surface area contributed by atoms with Crippen LogP contribution in [-0.4, -0.2) is 41.5 Å². The third kappa shape index (κ3) is 6.79. The second-order valence-electron chi connectivity index (χ2n) is 8.07. The highest BCUT2D eigenvalue weighted by molar-refractivity contribution is 7.80. The van der Waals surface area contributed by atoms with Crippen LogP contribution >= 0.6 is 12.2 Å². The highest BCUT2D eigenvalue weighted by Crippen LogP contribution is 2.16. The molecule has 2 aromatic rings. The standard InChI is InChI=1S/C24H29N3O3S/c1-17(2)16-30-21-12-8-18(9-13-21)22(28)26-24(31)25-20-10-6-19(7-11-20)23(29)27-14-4-3-5-15-27/h6-13,17H,3-5,14-16H2,1-2H3,(H2,25,26,28,31). The molecule has 0 aliphatic carbocycles. The third-order valence-corrected chi connectivity index (χ3v) is 5.16. The molecular formula is C24H29N3O3S. The third-order valence-electron chi connectivity index (χ3n) is 4.96. The monoisotopic (exact) mass is 439 g/mol. The van der Waals surface area contributed by atoms with E-state index >= 15 is 0 Å². The fourth-order valence-electron chi connectivity index (χ4n) is 3.28. The highest BCUT2D eigenvalue weighted by atomic mass is 32.1. The van der Waals surface area contributed by atoms with Crippen LogP contribution in [0.25, 0.3) is 0 Å². The van der Waals surface area contributed by atoms with Crippen molar-refractivity contribution in [3.05, 3.63) is 59.7 Å². The molecule has 2 N–H and O–H groups in total. The Morgan fingerprint density at radius 2 is 1.58 bits per heavy atom. The summed E-state index contributed by atoms with van der Waals surface area (Å²) in [7, 11) is 0. The number of amides is 2. The largest absolute Gasteiger partial charge is 0.493 e. The zero-order valence-electron chi connectivity index (χ0n) is 18.0. The number of hydrogen-bond acceptors (Lipinski definition) is 4. The molecule has 31 heavy (non-hydrogen) atoms. The van der Waals surface area contributed by atoms with Gasteiger partial charge in [0.15, 0.2) is 5.11 Å². The summed E-state index contributed by atoms with van der Waals surface area (Å²) < 4.78 is 5.63. The fourth-order valence-corrected chi connectivity index (χ4v) is 3.49. The second kappa shape index (κ2) is 10.9. The summed E-state index contributed by atoms with van der Waals surface area (Å²) in [4.78, 5) is 26.9. The molecule has 1 aliphatic heterocycles. The molecule has 2 aromatic carbocycles. The van der Waals surface area contributed by atoms with Gasteiger partial charge in [-0.25, -0.2) is 0 Å². The SMILES string of the molecule is CC(C)COc1ccc(C(=O)NC(=S)Nc2ccc(C(=O)N3CCCCC3)cc2)cc1. The first kappa shape index (κ1) is 22.7. The van der Waals surface area contributed by atoms with Crippen molar-refractivity contribution in [2.24, 2.45) is 5.92 Å². The minimum Gasteiger partial charge on any atom is -0.493 e. The minimum atomic E-state index is -0.301. The minimum absolute atomic E-state index is 0.0583. The van der Waals surface area contributed by atoms with E-state index in [-0.39, 0.29) is 16.9 Å². The fraction of sp³-hybridized carbons (Fsp3) is 0.375. The lowest BCUT2D eigenvalue weighted by Gasteiger charge is -2.26. The molecule has 0 saturated carbocycles. The number of likely N-dealkylation sites (tertiary alicyclic amines) is 1. The number of anilines is 1. The van der Waals surface area contributed by atoms with Gasteiger partial charge in [0.05, 0.1) is 6.61 Å². The van der Waals surface area contributed by atoms with Gasteiger partial charge in [-0.2, -0.15) is 0 Å². The number of carbonyl (C=O) groups excluding carboxylic acids is 2. The van der Waals surface area contributed by atoms with E-state index < -0.39 is 0 Å². The Bertz CT molecular complexity index is 905. The molecule has 0 atom stereocenters. The van der Waals surface area contributed by atoms with Crippen LogP contribution < -0.4 is 15.4 Å². The van der Waals surface area contributed by atoms with Gasteiger partial charge in [-0.3, -0.25) is 14.9 Å². The van der Waals surface area contributed by atoms with E-state index in [0.29, 0.717) is 29.3 Å². The summed E-state index contributed by atoms with van der Waals surface area (Å²) in [5.41, 5.74) is 1.85. The molecule has 0 radical (unpaired) electrons. The first-order chi connectivity index (χ1) is 14.9. The Hall–Kier alpha value is -2.93. The summed E-state index contributed by atoms with van der Waals surface area (Å²) in [6.45, 7) is 6.42. The molecule has 1 heterocycles. The Kier molecular flexibility index (Phi) is 8.00. The van der Waals surface area contributed by atoms with Crippen LogP contribution in [0, 0.1) is 5.92 Å². The molecule has 1 saturated heterocycles. The van der Waals surface area contributed by atoms with Crippen molar-refractivity contribution in [2.75, 3.05) is 25.0 Å². The van der Waals surface area contributed by atoms with Gasteiger partial charge in [0.1, 0.15) is 5.75 Å². The molecule has 0 unspecified atom stereocenters. The topological polar surface area (TPSA) is 70.7 Å². The summed E-state index contributed by atoms with van der Waals surface area (Å²) in [6.07, 6.45) is 3.31. The van der Waals surface area contributed by atoms with Crippen LogP contribution in [0.4, 0.5) is 5.69 Å². The van der Waals surface area contributed by atoms with Crippen LogP contribution in [0.15, 0.2) is 48.5 Å². The van der Waals surface area contributed by atoms with Gasteiger partial charge in [0, 0.05) is 29.9 Å². The molecule has 3 rings (SSSR count). The molecule has 7 heteroatoms. The van der Waals surface area contributed by atoms with Crippen molar-refractivity contribution in [3.8, 4) is 5.75 Å². The number of nitrogens with one attached hydrogen (secondary N) is 2. The molecule has 0 bridgehead atoms. The number of ether oxygens (including phenoxy) is 1. The van der Waals surface area contributed by atoms with Crippen LogP contribution in [0.2, 0.25) is 0 Å². The predicted octanol–water partition coefficient (Wildman–Crippen LogP) is 4.47. The van der Waals surface area contributed by atoms with Gasteiger partial charge in [0.2, 0.25) is 0 Å². The quantitative estimate of drug-likeness (QED) is 0.650. The van der Waals surface area contributed by atoms with E-state index in [0.717, 1.165) is 31.7 Å². The van der Waals surface area contributed by atoms with E-state index in [1.165, 1.54) is 6.42 Å². The average Bonchev–Trinajstić information content (AvgIpc) is 2.78. The van der Waals surface area contributed by atoms with E-state index in [2.05, 4.69) is 24.5 Å². The molecular weight excluding hydrogens is 410 g/mol. The number of benzene rings is 2. The van der Waals surface area contributed by atoms with E-state index in [4.69, 9.17) is 17.0 Å². The van der Waals surface area contributed by atoms with Crippen molar-refractivity contribution in [1.82, 2.24) is 10.2 Å². The smallest absolute Gasteiger partial charge is 0.257 e. The van der Waals surface area contributed by atoms with Gasteiger partial charge in [0.25, 0.3) is 11.8 Å². The zero-order chi connectivity index (χ0) is 22.2. The number of thiocarbonyl (C=S) groups is 1. The number of carbonyl (C=O) groups is 2. The molecule has 1 fully saturated rings. The van der Waals surface area contributed by atoms with Crippen LogP contribution in [0.5, 0.6) is 5.75 Å². The van der Waals surface area contributed by atoms with Crippen molar-refractivity contribution < 1.29 is 14.3 Å². The summed E-state index contributed by atoms with van der Waals surface area (Å²) in [5.74, 6) is 0.918. The second-order valence-corrected chi connectivity index (χ2v) is 8.48. The summed E-state index contributed by atoms with van der Waals surface area (Å²) in [5, 5.41) is 5.85. The predicted molar refractivity (Wildman–Crippen MR) is 127 cm³/mol. The van der Waals surface area contributed by atoms with E-state index in [9.17, 15) is 9.59 Å². The van der Waals surface area contributed by atoms with Crippen LogP contribution in [0.1, 0.15) is 53.8 Å².